The summed E-state index contributed by atoms with van der Waals surface area (Å²) in [4.78, 5) is 38.5. The molecule has 40 heavy (non-hydrogen) atoms. The van der Waals surface area contributed by atoms with Crippen molar-refractivity contribution in [3.05, 3.63) is 53.7 Å². The maximum absolute atomic E-state index is 13.0. The van der Waals surface area contributed by atoms with Crippen molar-refractivity contribution in [2.75, 3.05) is 43.0 Å². The first kappa shape index (κ1) is 28.2. The van der Waals surface area contributed by atoms with Crippen molar-refractivity contribution in [1.29, 1.82) is 0 Å². The molecule has 1 aromatic carbocycles. The number of rotatable bonds is 6. The number of nitrogens with zero attached hydrogens (tertiary/aromatic N) is 5. The molecule has 0 radical (unpaired) electrons. The Morgan fingerprint density at radius 3 is 2.15 bits per heavy atom. The van der Waals surface area contributed by atoms with E-state index in [-0.39, 0.29) is 30.1 Å². The van der Waals surface area contributed by atoms with Crippen molar-refractivity contribution in [2.45, 2.75) is 83.1 Å². The second kappa shape index (κ2) is 11.3. The van der Waals surface area contributed by atoms with Crippen molar-refractivity contribution in [2.24, 2.45) is 0 Å². The largest absolute Gasteiger partial charge is 0.465 e. The van der Waals surface area contributed by atoms with E-state index in [0.717, 1.165) is 63.2 Å². The first-order valence-corrected chi connectivity index (χ1v) is 14.6. The number of fused-ring (bicyclic) bond motifs is 2. The van der Waals surface area contributed by atoms with Crippen LogP contribution in [0.4, 0.5) is 16.3 Å². The molecule has 3 atom stereocenters. The molecule has 5 rings (SSSR count). The lowest BCUT2D eigenvalue weighted by Gasteiger charge is -2.47. The number of pyridine rings is 1. The molecule has 9 heteroatoms. The lowest BCUT2D eigenvalue weighted by atomic mass is 9.92. The number of piperidine rings is 1. The fourth-order valence-electron chi connectivity index (χ4n) is 6.80. The van der Waals surface area contributed by atoms with Gasteiger partial charge in [-0.3, -0.25) is 4.79 Å². The molecule has 2 amide bonds. The predicted octanol–water partition coefficient (Wildman–Crippen LogP) is 4.60. The van der Waals surface area contributed by atoms with E-state index in [2.05, 4.69) is 51.3 Å². The molecule has 1 aromatic heterocycles. The fourth-order valence-corrected chi connectivity index (χ4v) is 6.80. The second-order valence-electron chi connectivity index (χ2n) is 12.7. The minimum atomic E-state index is -0.848. The van der Waals surface area contributed by atoms with Crippen LogP contribution in [-0.4, -0.2) is 88.8 Å². The molecule has 0 aliphatic carbocycles. The van der Waals surface area contributed by atoms with Gasteiger partial charge in [-0.25, -0.2) is 9.78 Å². The van der Waals surface area contributed by atoms with Crippen LogP contribution in [0, 0.1) is 0 Å². The maximum atomic E-state index is 13.0. The average Bonchev–Trinajstić information content (AvgIpc) is 3.18. The van der Waals surface area contributed by atoms with E-state index in [0.29, 0.717) is 5.56 Å². The summed E-state index contributed by atoms with van der Waals surface area (Å²) in [5, 5.41) is 13.0. The highest BCUT2D eigenvalue weighted by Gasteiger charge is 2.46. The molecule has 4 heterocycles. The zero-order valence-electron chi connectivity index (χ0n) is 24.5. The smallest absolute Gasteiger partial charge is 0.407 e. The monoisotopic (exact) mass is 548 g/mol. The molecule has 3 saturated heterocycles. The van der Waals surface area contributed by atoms with Crippen molar-refractivity contribution < 1.29 is 14.7 Å². The molecular weight excluding hydrogens is 504 g/mol. The molecule has 216 valence electrons. The first-order chi connectivity index (χ1) is 19.0. The molecule has 2 aromatic rings. The zero-order valence-corrected chi connectivity index (χ0v) is 24.5. The summed E-state index contributed by atoms with van der Waals surface area (Å²) in [5.41, 5.74) is 2.40. The van der Waals surface area contributed by atoms with Crippen LogP contribution < -0.4 is 15.1 Å². The van der Waals surface area contributed by atoms with Crippen LogP contribution in [0.2, 0.25) is 0 Å². The zero-order chi connectivity index (χ0) is 28.6. The van der Waals surface area contributed by atoms with E-state index in [1.807, 2.05) is 39.8 Å². The Bertz CT molecular complexity index is 1170. The number of carbonyl (C=O) groups is 2. The standard InChI is InChI=1S/C31H44N6O3/c1-21(22-6-9-24(10-7-22)35-16-14-34(5)15-17-35)33-29(38)23-8-13-28(32-20-23)36-25-11-12-26(36)19-27(18-25)37(30(39)40)31(2,3)4/h6-10,13,20-21,25-27H,11-12,14-19H2,1-5H3,(H,33,38)(H,39,40)/t21-,25?,26?,27?/m0/s1. The van der Waals surface area contributed by atoms with E-state index in [9.17, 15) is 14.7 Å². The van der Waals surface area contributed by atoms with Gasteiger partial charge in [-0.1, -0.05) is 12.1 Å². The highest BCUT2D eigenvalue weighted by molar-refractivity contribution is 5.94. The molecule has 2 unspecified atom stereocenters. The quantitative estimate of drug-likeness (QED) is 0.545. The number of amides is 2. The van der Waals surface area contributed by atoms with Gasteiger partial charge in [0.15, 0.2) is 0 Å². The van der Waals surface area contributed by atoms with Gasteiger partial charge in [0.2, 0.25) is 0 Å². The third-order valence-electron chi connectivity index (χ3n) is 8.89. The summed E-state index contributed by atoms with van der Waals surface area (Å²) in [6.45, 7) is 12.1. The third-order valence-corrected chi connectivity index (χ3v) is 8.89. The second-order valence-corrected chi connectivity index (χ2v) is 12.7. The molecule has 2 bridgehead atoms. The lowest BCUT2D eigenvalue weighted by Crippen LogP contribution is -2.57. The van der Waals surface area contributed by atoms with Crippen LogP contribution in [-0.2, 0) is 0 Å². The summed E-state index contributed by atoms with van der Waals surface area (Å²) < 4.78 is 0. The Labute approximate surface area is 238 Å². The minimum Gasteiger partial charge on any atom is -0.465 e. The number of hydrogen-bond acceptors (Lipinski definition) is 6. The van der Waals surface area contributed by atoms with Crippen molar-refractivity contribution in [3.63, 3.8) is 0 Å². The van der Waals surface area contributed by atoms with Gasteiger partial charge in [-0.05, 0) is 90.3 Å². The maximum Gasteiger partial charge on any atom is 0.407 e. The number of nitrogens with one attached hydrogen (secondary N) is 1. The number of piperazine rings is 1. The topological polar surface area (TPSA) is 92.2 Å². The summed E-state index contributed by atoms with van der Waals surface area (Å²) in [7, 11) is 2.16. The summed E-state index contributed by atoms with van der Waals surface area (Å²) >= 11 is 0. The lowest BCUT2D eigenvalue weighted by molar-refractivity contribution is 0.0558. The van der Waals surface area contributed by atoms with Gasteiger partial charge in [0.1, 0.15) is 5.82 Å². The highest BCUT2D eigenvalue weighted by atomic mass is 16.4. The van der Waals surface area contributed by atoms with Gasteiger partial charge in [-0.15, -0.1) is 0 Å². The van der Waals surface area contributed by atoms with Crippen LogP contribution in [0.15, 0.2) is 42.6 Å². The van der Waals surface area contributed by atoms with Crippen molar-refractivity contribution >= 4 is 23.5 Å². The Morgan fingerprint density at radius 1 is 1.00 bits per heavy atom. The number of carboxylic acid groups (broad SMARTS) is 1. The predicted molar refractivity (Wildman–Crippen MR) is 158 cm³/mol. The summed E-state index contributed by atoms with van der Waals surface area (Å²) in [6.07, 6.45) is 4.49. The molecule has 3 aliphatic rings. The van der Waals surface area contributed by atoms with E-state index in [1.165, 1.54) is 5.69 Å². The Hall–Kier alpha value is -3.33. The Morgan fingerprint density at radius 2 is 1.62 bits per heavy atom. The van der Waals surface area contributed by atoms with Gasteiger partial charge >= 0.3 is 6.09 Å². The molecule has 3 aliphatic heterocycles. The van der Waals surface area contributed by atoms with Gasteiger partial charge in [0.05, 0.1) is 11.6 Å². The molecule has 2 N–H and O–H groups in total. The normalized spacial score (nSPS) is 24.1. The minimum absolute atomic E-state index is 0.00779. The fraction of sp³-hybridized carbons (Fsp3) is 0.581. The molecular formula is C31H44N6O3. The Balaban J connectivity index is 1.19. The summed E-state index contributed by atoms with van der Waals surface area (Å²) in [5.74, 6) is 0.728. The molecule has 0 saturated carbocycles. The van der Waals surface area contributed by atoms with E-state index >= 15 is 0 Å². The molecule has 9 nitrogen and oxygen atoms in total. The highest BCUT2D eigenvalue weighted by Crippen LogP contribution is 2.41. The van der Waals surface area contributed by atoms with Crippen LogP contribution in [0.5, 0.6) is 0 Å². The number of aromatic nitrogens is 1. The van der Waals surface area contributed by atoms with Gasteiger partial charge in [0.25, 0.3) is 5.91 Å². The average molecular weight is 549 g/mol. The van der Waals surface area contributed by atoms with Crippen molar-refractivity contribution in [1.82, 2.24) is 20.1 Å². The number of anilines is 2. The van der Waals surface area contributed by atoms with Crippen LogP contribution in [0.25, 0.3) is 0 Å². The summed E-state index contributed by atoms with van der Waals surface area (Å²) in [6, 6.07) is 12.7. The van der Waals surface area contributed by atoms with Crippen molar-refractivity contribution in [3.8, 4) is 0 Å². The van der Waals surface area contributed by atoms with Crippen LogP contribution in [0.3, 0.4) is 0 Å². The van der Waals surface area contributed by atoms with Crippen LogP contribution in [0.1, 0.15) is 75.3 Å². The third kappa shape index (κ3) is 5.89. The SMILES string of the molecule is C[C@H](NC(=O)c1ccc(N2C3CCC2CC(N(C(=O)O)C(C)(C)C)C3)nc1)c1ccc(N2CCN(C)CC2)cc1. The Kier molecular flexibility index (Phi) is 7.95. The molecule has 0 spiro atoms. The van der Waals surface area contributed by atoms with E-state index < -0.39 is 11.6 Å². The van der Waals surface area contributed by atoms with Gasteiger partial charge in [-0.2, -0.15) is 0 Å². The molecule has 3 fully saturated rings. The number of carbonyl (C=O) groups excluding carboxylic acids is 1. The van der Waals surface area contributed by atoms with E-state index in [1.54, 1.807) is 11.1 Å². The van der Waals surface area contributed by atoms with E-state index in [4.69, 9.17) is 4.98 Å². The first-order valence-electron chi connectivity index (χ1n) is 14.6. The number of hydrogen-bond donors (Lipinski definition) is 2. The van der Waals surface area contributed by atoms with Gasteiger partial charge < -0.3 is 30.0 Å². The van der Waals surface area contributed by atoms with Gasteiger partial charge in [0, 0.05) is 61.7 Å². The number of likely N-dealkylation sites (N-methyl/N-ethyl adjacent to an activating group) is 1. The van der Waals surface area contributed by atoms with Crippen LogP contribution >= 0.6 is 0 Å². The number of benzene rings is 1.